The minimum atomic E-state index is -0.129. The summed E-state index contributed by atoms with van der Waals surface area (Å²) in [6.45, 7) is 4.31. The SMILES string of the molecule is Cc1cc2ncn(CC(=O)Nc3ccccc3N)c2cc1C. The molecule has 5 nitrogen and oxygen atoms in total. The molecule has 0 fully saturated rings. The van der Waals surface area contributed by atoms with Gasteiger partial charge in [0.2, 0.25) is 5.91 Å². The lowest BCUT2D eigenvalue weighted by atomic mass is 10.1. The second-order valence-electron chi connectivity index (χ2n) is 5.43. The van der Waals surface area contributed by atoms with Gasteiger partial charge in [-0.15, -0.1) is 0 Å². The number of aromatic nitrogens is 2. The summed E-state index contributed by atoms with van der Waals surface area (Å²) in [5.41, 5.74) is 11.2. The van der Waals surface area contributed by atoms with Crippen LogP contribution in [0.3, 0.4) is 0 Å². The van der Waals surface area contributed by atoms with Crippen LogP contribution in [0.2, 0.25) is 0 Å². The molecule has 0 aliphatic rings. The molecule has 0 saturated carbocycles. The van der Waals surface area contributed by atoms with E-state index in [0.29, 0.717) is 11.4 Å². The zero-order chi connectivity index (χ0) is 15.7. The number of anilines is 2. The molecule has 22 heavy (non-hydrogen) atoms. The predicted octanol–water partition coefficient (Wildman–Crippen LogP) is 2.87. The van der Waals surface area contributed by atoms with Crippen molar-refractivity contribution in [3.8, 4) is 0 Å². The average molecular weight is 294 g/mol. The number of carbonyl (C=O) groups excluding carboxylic acids is 1. The number of rotatable bonds is 3. The Bertz CT molecular complexity index is 851. The molecule has 0 aliphatic heterocycles. The minimum Gasteiger partial charge on any atom is -0.397 e. The molecule has 3 N–H and O–H groups in total. The number of hydrogen-bond acceptors (Lipinski definition) is 3. The van der Waals surface area contributed by atoms with Gasteiger partial charge in [0.05, 0.1) is 28.7 Å². The van der Waals surface area contributed by atoms with Crippen molar-refractivity contribution in [3.05, 3.63) is 53.9 Å². The number of aryl methyl sites for hydroxylation is 2. The Balaban J connectivity index is 1.83. The first-order valence-electron chi connectivity index (χ1n) is 7.11. The summed E-state index contributed by atoms with van der Waals surface area (Å²) in [6.07, 6.45) is 1.69. The number of nitrogens with one attached hydrogen (secondary N) is 1. The third-order valence-corrected chi connectivity index (χ3v) is 3.79. The van der Waals surface area contributed by atoms with Crippen molar-refractivity contribution in [3.63, 3.8) is 0 Å². The van der Waals surface area contributed by atoms with Crippen molar-refractivity contribution >= 4 is 28.3 Å². The number of nitrogens with two attached hydrogens (primary N) is 1. The van der Waals surface area contributed by atoms with Gasteiger partial charge in [0, 0.05) is 0 Å². The lowest BCUT2D eigenvalue weighted by Gasteiger charge is -2.09. The van der Waals surface area contributed by atoms with Crippen molar-refractivity contribution < 1.29 is 4.79 Å². The number of nitrogens with zero attached hydrogens (tertiary/aromatic N) is 2. The molecule has 0 radical (unpaired) electrons. The predicted molar refractivity (Wildman–Crippen MR) is 88.7 cm³/mol. The van der Waals surface area contributed by atoms with Crippen LogP contribution in [0.5, 0.6) is 0 Å². The third kappa shape index (κ3) is 2.65. The Morgan fingerprint density at radius 2 is 1.95 bits per heavy atom. The summed E-state index contributed by atoms with van der Waals surface area (Å²) >= 11 is 0. The van der Waals surface area contributed by atoms with Gasteiger partial charge < -0.3 is 15.6 Å². The molecule has 1 aromatic heterocycles. The van der Waals surface area contributed by atoms with E-state index in [1.165, 1.54) is 11.1 Å². The fourth-order valence-corrected chi connectivity index (χ4v) is 2.39. The first-order chi connectivity index (χ1) is 10.5. The zero-order valence-corrected chi connectivity index (χ0v) is 12.6. The van der Waals surface area contributed by atoms with Crippen LogP contribution < -0.4 is 11.1 Å². The van der Waals surface area contributed by atoms with Gasteiger partial charge in [-0.2, -0.15) is 0 Å². The molecular formula is C17H18N4O. The monoisotopic (exact) mass is 294 g/mol. The van der Waals surface area contributed by atoms with Gasteiger partial charge >= 0.3 is 0 Å². The number of hydrogen-bond donors (Lipinski definition) is 2. The number of carbonyl (C=O) groups is 1. The molecule has 1 amide bonds. The topological polar surface area (TPSA) is 72.9 Å². The molecule has 0 unspecified atom stereocenters. The van der Waals surface area contributed by atoms with Crippen LogP contribution in [-0.2, 0) is 11.3 Å². The van der Waals surface area contributed by atoms with E-state index in [4.69, 9.17) is 5.73 Å². The van der Waals surface area contributed by atoms with Crippen molar-refractivity contribution in [2.24, 2.45) is 0 Å². The van der Waals surface area contributed by atoms with Crippen LogP contribution in [0.4, 0.5) is 11.4 Å². The molecule has 0 aliphatic carbocycles. The van der Waals surface area contributed by atoms with E-state index >= 15 is 0 Å². The summed E-state index contributed by atoms with van der Waals surface area (Å²) in [4.78, 5) is 16.6. The van der Waals surface area contributed by atoms with Crippen LogP contribution in [0.1, 0.15) is 11.1 Å². The highest BCUT2D eigenvalue weighted by Gasteiger charge is 2.10. The van der Waals surface area contributed by atoms with E-state index in [1.54, 1.807) is 18.5 Å². The van der Waals surface area contributed by atoms with Crippen molar-refractivity contribution in [2.75, 3.05) is 11.1 Å². The average Bonchev–Trinajstić information content (AvgIpc) is 2.84. The molecule has 0 atom stereocenters. The van der Waals surface area contributed by atoms with E-state index in [1.807, 2.05) is 22.8 Å². The van der Waals surface area contributed by atoms with Gasteiger partial charge in [-0.3, -0.25) is 4.79 Å². The number of imidazole rings is 1. The Hall–Kier alpha value is -2.82. The molecular weight excluding hydrogens is 276 g/mol. The Labute approximate surface area is 128 Å². The molecule has 2 aromatic carbocycles. The van der Waals surface area contributed by atoms with Crippen LogP contribution in [0.15, 0.2) is 42.7 Å². The van der Waals surface area contributed by atoms with Gasteiger partial charge in [0.25, 0.3) is 0 Å². The normalized spacial score (nSPS) is 10.8. The van der Waals surface area contributed by atoms with Gasteiger partial charge in [-0.05, 0) is 49.2 Å². The summed E-state index contributed by atoms with van der Waals surface area (Å²) < 4.78 is 1.84. The largest absolute Gasteiger partial charge is 0.397 e. The number of fused-ring (bicyclic) bond motifs is 1. The molecule has 112 valence electrons. The van der Waals surface area contributed by atoms with E-state index < -0.39 is 0 Å². The van der Waals surface area contributed by atoms with E-state index in [2.05, 4.69) is 30.2 Å². The van der Waals surface area contributed by atoms with Gasteiger partial charge in [-0.25, -0.2) is 4.98 Å². The molecule has 1 heterocycles. The maximum atomic E-state index is 12.2. The Morgan fingerprint density at radius 3 is 2.73 bits per heavy atom. The standard InChI is InChI=1S/C17H18N4O/c1-11-7-15-16(8-12(11)2)21(10-19-15)9-17(22)20-14-6-4-3-5-13(14)18/h3-8,10H,9,18H2,1-2H3,(H,20,22). The van der Waals surface area contributed by atoms with Crippen molar-refractivity contribution in [2.45, 2.75) is 20.4 Å². The highest BCUT2D eigenvalue weighted by molar-refractivity contribution is 5.94. The quantitative estimate of drug-likeness (QED) is 0.729. The van der Waals surface area contributed by atoms with Crippen LogP contribution in [-0.4, -0.2) is 15.5 Å². The van der Waals surface area contributed by atoms with Gasteiger partial charge in [-0.1, -0.05) is 12.1 Å². The van der Waals surface area contributed by atoms with Gasteiger partial charge in [0.15, 0.2) is 0 Å². The molecule has 5 heteroatoms. The second-order valence-corrected chi connectivity index (χ2v) is 5.43. The Kier molecular flexibility index (Phi) is 3.55. The summed E-state index contributed by atoms with van der Waals surface area (Å²) in [7, 11) is 0. The van der Waals surface area contributed by atoms with Gasteiger partial charge in [0.1, 0.15) is 6.54 Å². The highest BCUT2D eigenvalue weighted by Crippen LogP contribution is 2.19. The number of amides is 1. The molecule has 0 saturated heterocycles. The first kappa shape index (κ1) is 14.1. The first-order valence-corrected chi connectivity index (χ1v) is 7.11. The van der Waals surface area contributed by atoms with E-state index in [9.17, 15) is 4.79 Å². The molecule has 0 bridgehead atoms. The second kappa shape index (κ2) is 5.52. The fourth-order valence-electron chi connectivity index (χ4n) is 2.39. The fraction of sp³-hybridized carbons (Fsp3) is 0.176. The molecule has 0 spiro atoms. The minimum absolute atomic E-state index is 0.129. The van der Waals surface area contributed by atoms with Crippen LogP contribution in [0, 0.1) is 13.8 Å². The van der Waals surface area contributed by atoms with E-state index in [0.717, 1.165) is 11.0 Å². The lowest BCUT2D eigenvalue weighted by Crippen LogP contribution is -2.19. The number of benzene rings is 2. The smallest absolute Gasteiger partial charge is 0.244 e. The van der Waals surface area contributed by atoms with E-state index in [-0.39, 0.29) is 12.5 Å². The van der Waals surface area contributed by atoms with Crippen molar-refractivity contribution in [1.29, 1.82) is 0 Å². The number of nitrogen functional groups attached to an aromatic ring is 1. The summed E-state index contributed by atoms with van der Waals surface area (Å²) in [5, 5.41) is 2.83. The zero-order valence-electron chi connectivity index (χ0n) is 12.6. The lowest BCUT2D eigenvalue weighted by molar-refractivity contribution is -0.116. The molecule has 3 rings (SSSR count). The third-order valence-electron chi connectivity index (χ3n) is 3.79. The van der Waals surface area contributed by atoms with Crippen LogP contribution >= 0.6 is 0 Å². The van der Waals surface area contributed by atoms with Crippen molar-refractivity contribution in [1.82, 2.24) is 9.55 Å². The Morgan fingerprint density at radius 1 is 1.23 bits per heavy atom. The maximum absolute atomic E-state index is 12.2. The summed E-state index contributed by atoms with van der Waals surface area (Å²) in [6, 6.07) is 11.3. The molecule has 3 aromatic rings. The number of para-hydroxylation sites is 2. The summed E-state index contributed by atoms with van der Waals surface area (Å²) in [5.74, 6) is -0.129. The maximum Gasteiger partial charge on any atom is 0.244 e. The van der Waals surface area contributed by atoms with Crippen LogP contribution in [0.25, 0.3) is 11.0 Å². The highest BCUT2D eigenvalue weighted by atomic mass is 16.1.